The third kappa shape index (κ3) is 3.55. The fourth-order valence-electron chi connectivity index (χ4n) is 4.88. The van der Waals surface area contributed by atoms with E-state index in [1.54, 1.807) is 15.5 Å². The van der Waals surface area contributed by atoms with Crippen molar-refractivity contribution < 1.29 is 9.90 Å². The second-order valence-corrected chi connectivity index (χ2v) is 9.20. The van der Waals surface area contributed by atoms with E-state index in [9.17, 15) is 9.90 Å². The molecule has 2 N–H and O–H groups in total. The summed E-state index contributed by atoms with van der Waals surface area (Å²) in [5, 5.41) is 17.9. The van der Waals surface area contributed by atoms with Crippen LogP contribution in [0.25, 0.3) is 0 Å². The van der Waals surface area contributed by atoms with Gasteiger partial charge in [-0.25, -0.2) is 9.98 Å². The van der Waals surface area contributed by atoms with Crippen molar-refractivity contribution >= 4 is 23.9 Å². The lowest BCUT2D eigenvalue weighted by Gasteiger charge is -2.33. The SMILES string of the molecule is CCN1C(=O)c2c(nc(C=N)n2Cc2ccc(O)c(C)c2)N2C[C@@](C)(Cc3ccccc3)N=C12. The number of anilines is 1. The number of nitrogens with zero attached hydrogens (tertiary/aromatic N) is 5. The molecule has 1 aromatic heterocycles. The number of guanidine groups is 1. The Morgan fingerprint density at radius 3 is 2.62 bits per heavy atom. The van der Waals surface area contributed by atoms with Gasteiger partial charge in [0.25, 0.3) is 5.91 Å². The number of benzene rings is 2. The molecular weight excluding hydrogens is 428 g/mol. The molecule has 8 nitrogen and oxygen atoms in total. The van der Waals surface area contributed by atoms with Crippen molar-refractivity contribution in [2.24, 2.45) is 4.99 Å². The van der Waals surface area contributed by atoms with Crippen LogP contribution in [0.5, 0.6) is 5.75 Å². The van der Waals surface area contributed by atoms with Gasteiger partial charge in [0.15, 0.2) is 17.3 Å². The van der Waals surface area contributed by atoms with E-state index in [2.05, 4.69) is 19.1 Å². The van der Waals surface area contributed by atoms with Crippen molar-refractivity contribution in [2.45, 2.75) is 39.3 Å². The molecule has 0 spiro atoms. The molecule has 0 radical (unpaired) electrons. The number of carbonyl (C=O) groups excluding carboxylic acids is 1. The summed E-state index contributed by atoms with van der Waals surface area (Å²) in [5.41, 5.74) is 2.93. The number of imidazole rings is 1. The zero-order valence-electron chi connectivity index (χ0n) is 19.6. The summed E-state index contributed by atoms with van der Waals surface area (Å²) in [6, 6.07) is 15.6. The van der Waals surface area contributed by atoms with Gasteiger partial charge in [0.2, 0.25) is 5.96 Å². The summed E-state index contributed by atoms with van der Waals surface area (Å²) in [4.78, 5) is 27.1. The summed E-state index contributed by atoms with van der Waals surface area (Å²) in [7, 11) is 0. The summed E-state index contributed by atoms with van der Waals surface area (Å²) in [5.74, 6) is 1.66. The lowest BCUT2D eigenvalue weighted by Crippen LogP contribution is -2.51. The number of aryl methyl sites for hydroxylation is 1. The Morgan fingerprint density at radius 2 is 1.94 bits per heavy atom. The molecule has 0 fully saturated rings. The van der Waals surface area contributed by atoms with Crippen LogP contribution in [-0.4, -0.2) is 56.3 Å². The molecule has 0 bridgehead atoms. The Labute approximate surface area is 198 Å². The summed E-state index contributed by atoms with van der Waals surface area (Å²) in [6.07, 6.45) is 1.94. The molecule has 2 aromatic carbocycles. The molecule has 1 amide bonds. The van der Waals surface area contributed by atoms with Gasteiger partial charge in [-0.3, -0.25) is 14.6 Å². The topological polar surface area (TPSA) is 97.8 Å². The molecule has 5 rings (SSSR count). The highest BCUT2D eigenvalue weighted by atomic mass is 16.3. The number of fused-ring (bicyclic) bond motifs is 3. The third-order valence-electron chi connectivity index (χ3n) is 6.51. The number of phenolic OH excluding ortho intramolecular Hbond substituents is 1. The van der Waals surface area contributed by atoms with Gasteiger partial charge in [-0.05, 0) is 49.9 Å². The van der Waals surface area contributed by atoms with Crippen molar-refractivity contribution in [2.75, 3.05) is 18.0 Å². The van der Waals surface area contributed by atoms with Crippen molar-refractivity contribution in [3.8, 4) is 5.75 Å². The Bertz CT molecular complexity index is 1310. The zero-order valence-corrected chi connectivity index (χ0v) is 19.6. The second-order valence-electron chi connectivity index (χ2n) is 9.20. The van der Waals surface area contributed by atoms with Crippen molar-refractivity contribution in [1.82, 2.24) is 14.5 Å². The maximum absolute atomic E-state index is 13.7. The van der Waals surface area contributed by atoms with Crippen LogP contribution in [0.2, 0.25) is 0 Å². The maximum atomic E-state index is 13.7. The highest BCUT2D eigenvalue weighted by molar-refractivity contribution is 6.18. The first kappa shape index (κ1) is 21.9. The predicted molar refractivity (Wildman–Crippen MR) is 132 cm³/mol. The minimum Gasteiger partial charge on any atom is -0.508 e. The standard InChI is InChI=1S/C26H28N6O2/c1-4-30-24(34)22-23(28-21(14-27)31(22)15-19-10-11-20(33)17(2)12-19)32-16-26(3,29-25(30)32)13-18-8-6-5-7-9-18/h5-12,14,27,33H,4,13,15-16H2,1-3H3/t26-/m1/s1. The quantitative estimate of drug-likeness (QED) is 0.554. The smallest absolute Gasteiger partial charge is 0.281 e. The Balaban J connectivity index is 1.57. The van der Waals surface area contributed by atoms with Crippen LogP contribution >= 0.6 is 0 Å². The van der Waals surface area contributed by atoms with E-state index < -0.39 is 5.54 Å². The number of aromatic hydroxyl groups is 1. The molecule has 0 unspecified atom stereocenters. The molecule has 174 valence electrons. The lowest BCUT2D eigenvalue weighted by atomic mass is 9.94. The van der Waals surface area contributed by atoms with Crippen molar-refractivity contribution in [1.29, 1.82) is 5.41 Å². The van der Waals surface area contributed by atoms with Crippen molar-refractivity contribution in [3.63, 3.8) is 0 Å². The van der Waals surface area contributed by atoms with Gasteiger partial charge in [0, 0.05) is 13.1 Å². The minimum atomic E-state index is -0.408. The van der Waals surface area contributed by atoms with Gasteiger partial charge in [-0.1, -0.05) is 42.5 Å². The van der Waals surface area contributed by atoms with E-state index in [-0.39, 0.29) is 11.7 Å². The highest BCUT2D eigenvalue weighted by Crippen LogP contribution is 2.37. The molecule has 2 aliphatic rings. The number of hydrogen-bond acceptors (Lipinski definition) is 6. The molecule has 2 aliphatic heterocycles. The maximum Gasteiger partial charge on any atom is 0.281 e. The van der Waals surface area contributed by atoms with Gasteiger partial charge in [-0.15, -0.1) is 0 Å². The van der Waals surface area contributed by atoms with Crippen molar-refractivity contribution in [3.05, 3.63) is 76.7 Å². The predicted octanol–water partition coefficient (Wildman–Crippen LogP) is 3.60. The largest absolute Gasteiger partial charge is 0.508 e. The monoisotopic (exact) mass is 456 g/mol. The molecule has 3 heterocycles. The van der Waals surface area contributed by atoms with E-state index in [0.29, 0.717) is 42.9 Å². The van der Waals surface area contributed by atoms with E-state index in [0.717, 1.165) is 17.5 Å². The molecular formula is C26H28N6O2. The van der Waals surface area contributed by atoms with Gasteiger partial charge in [0.05, 0.1) is 18.3 Å². The number of aliphatic imine (C=N–C) groups is 1. The summed E-state index contributed by atoms with van der Waals surface area (Å²) >= 11 is 0. The Hall–Kier alpha value is -3.94. The van der Waals surface area contributed by atoms with Gasteiger partial charge < -0.3 is 15.1 Å². The number of rotatable bonds is 6. The average Bonchev–Trinajstić information content (AvgIpc) is 3.35. The van der Waals surface area contributed by atoms with Crippen LogP contribution in [-0.2, 0) is 13.0 Å². The first-order valence-corrected chi connectivity index (χ1v) is 11.5. The number of aromatic nitrogens is 2. The average molecular weight is 457 g/mol. The van der Waals surface area contributed by atoms with Crippen LogP contribution in [0.3, 0.4) is 0 Å². The molecule has 0 aliphatic carbocycles. The molecule has 0 saturated carbocycles. The molecule has 8 heteroatoms. The van der Waals surface area contributed by atoms with E-state index in [1.807, 2.05) is 49.1 Å². The van der Waals surface area contributed by atoms with Crippen LogP contribution < -0.4 is 4.90 Å². The van der Waals surface area contributed by atoms with Gasteiger partial charge in [-0.2, -0.15) is 0 Å². The van der Waals surface area contributed by atoms with Crippen LogP contribution in [0.4, 0.5) is 5.82 Å². The summed E-state index contributed by atoms with van der Waals surface area (Å²) in [6.45, 7) is 7.34. The normalized spacial score (nSPS) is 19.1. The van der Waals surface area contributed by atoms with E-state index >= 15 is 0 Å². The fourth-order valence-corrected chi connectivity index (χ4v) is 4.88. The number of nitrogens with one attached hydrogen (secondary N) is 1. The Morgan fingerprint density at radius 1 is 1.18 bits per heavy atom. The van der Waals surface area contributed by atoms with Gasteiger partial charge in [0.1, 0.15) is 5.75 Å². The van der Waals surface area contributed by atoms with Gasteiger partial charge >= 0.3 is 0 Å². The number of hydrogen-bond donors (Lipinski definition) is 2. The number of carbonyl (C=O) groups is 1. The number of phenols is 1. The zero-order chi connectivity index (χ0) is 24.0. The first-order chi connectivity index (χ1) is 16.3. The molecule has 3 aromatic rings. The van der Waals surface area contributed by atoms with Crippen LogP contribution in [0.1, 0.15) is 46.9 Å². The second kappa shape index (κ2) is 8.13. The van der Waals surface area contributed by atoms with E-state index in [1.165, 1.54) is 11.8 Å². The first-order valence-electron chi connectivity index (χ1n) is 11.5. The molecule has 34 heavy (non-hydrogen) atoms. The highest BCUT2D eigenvalue weighted by Gasteiger charge is 2.47. The molecule has 0 saturated heterocycles. The van der Waals surface area contributed by atoms with E-state index in [4.69, 9.17) is 15.4 Å². The minimum absolute atomic E-state index is 0.160. The number of amides is 1. The fraction of sp³-hybridized carbons (Fsp3) is 0.308. The van der Waals surface area contributed by atoms with Crippen LogP contribution in [0, 0.1) is 12.3 Å². The summed E-state index contributed by atoms with van der Waals surface area (Å²) < 4.78 is 1.79. The Kier molecular flexibility index (Phi) is 5.23. The lowest BCUT2D eigenvalue weighted by molar-refractivity contribution is 0.0836. The van der Waals surface area contributed by atoms with Crippen LogP contribution in [0.15, 0.2) is 53.5 Å². The molecule has 1 atom stereocenters. The third-order valence-corrected chi connectivity index (χ3v) is 6.51.